The molecular weight excluding hydrogens is 338 g/mol. The van der Waals surface area contributed by atoms with Gasteiger partial charge in [0.25, 0.3) is 5.91 Å². The zero-order valence-corrected chi connectivity index (χ0v) is 14.9. The molecule has 0 spiro atoms. The third-order valence-corrected chi connectivity index (χ3v) is 4.08. The predicted molar refractivity (Wildman–Crippen MR) is 95.4 cm³/mol. The molecule has 0 bridgehead atoms. The molecule has 0 aliphatic heterocycles. The van der Waals surface area contributed by atoms with Crippen LogP contribution < -0.4 is 10.6 Å². The van der Waals surface area contributed by atoms with Gasteiger partial charge in [0.05, 0.1) is 11.6 Å². The quantitative estimate of drug-likeness (QED) is 0.827. The molecule has 0 aromatic heterocycles. The molecule has 2 atom stereocenters. The average Bonchev–Trinajstić information content (AvgIpc) is 2.59. The van der Waals surface area contributed by atoms with Crippen LogP contribution in [-0.4, -0.2) is 17.9 Å². The highest BCUT2D eigenvalue weighted by atomic mass is 19.1. The summed E-state index contributed by atoms with van der Waals surface area (Å²) in [5.74, 6) is -2.24. The summed E-state index contributed by atoms with van der Waals surface area (Å²) in [4.78, 5) is 24.9. The number of rotatable bonds is 6. The minimum Gasteiger partial charge on any atom is -0.348 e. The third kappa shape index (κ3) is 4.88. The molecule has 2 rings (SSSR count). The van der Waals surface area contributed by atoms with Crippen LogP contribution in [-0.2, 0) is 4.79 Å². The summed E-state index contributed by atoms with van der Waals surface area (Å²) in [7, 11) is 0. The van der Waals surface area contributed by atoms with E-state index in [1.807, 2.05) is 0 Å². The highest BCUT2D eigenvalue weighted by Gasteiger charge is 2.26. The molecule has 2 aromatic rings. The van der Waals surface area contributed by atoms with Crippen molar-refractivity contribution in [2.45, 2.75) is 32.9 Å². The summed E-state index contributed by atoms with van der Waals surface area (Å²) >= 11 is 0. The lowest BCUT2D eigenvalue weighted by atomic mass is 10.0. The first-order chi connectivity index (χ1) is 12.3. The topological polar surface area (TPSA) is 58.2 Å². The van der Waals surface area contributed by atoms with E-state index in [4.69, 9.17) is 0 Å². The predicted octanol–water partition coefficient (Wildman–Crippen LogP) is 3.60. The molecule has 2 N–H and O–H groups in total. The van der Waals surface area contributed by atoms with Gasteiger partial charge in [0, 0.05) is 0 Å². The Morgan fingerprint density at radius 3 is 2.08 bits per heavy atom. The molecule has 0 heterocycles. The first-order valence-corrected chi connectivity index (χ1v) is 8.41. The zero-order valence-electron chi connectivity index (χ0n) is 14.9. The smallest absolute Gasteiger partial charge is 0.254 e. The molecular formula is C20H22F2N2O2. The SMILES string of the molecule is CC(NC(=O)C(NC(=O)c1ccccc1F)C(C)C)c1ccc(F)cc1. The van der Waals surface area contributed by atoms with Gasteiger partial charge in [-0.2, -0.15) is 0 Å². The van der Waals surface area contributed by atoms with Crippen LogP contribution in [0.5, 0.6) is 0 Å². The van der Waals surface area contributed by atoms with E-state index in [0.717, 1.165) is 5.56 Å². The Morgan fingerprint density at radius 1 is 0.885 bits per heavy atom. The first kappa shape index (κ1) is 19.6. The van der Waals surface area contributed by atoms with Gasteiger partial charge in [-0.05, 0) is 42.7 Å². The maximum Gasteiger partial charge on any atom is 0.254 e. The molecule has 26 heavy (non-hydrogen) atoms. The number of carbonyl (C=O) groups is 2. The highest BCUT2D eigenvalue weighted by Crippen LogP contribution is 2.14. The summed E-state index contributed by atoms with van der Waals surface area (Å²) in [6.45, 7) is 5.34. The second-order valence-electron chi connectivity index (χ2n) is 6.46. The number of nitrogens with one attached hydrogen (secondary N) is 2. The van der Waals surface area contributed by atoms with Gasteiger partial charge in [-0.15, -0.1) is 0 Å². The molecule has 0 fully saturated rings. The van der Waals surface area contributed by atoms with E-state index in [9.17, 15) is 18.4 Å². The lowest BCUT2D eigenvalue weighted by Gasteiger charge is -2.24. The molecule has 6 heteroatoms. The number of hydrogen-bond acceptors (Lipinski definition) is 2. The second kappa shape index (κ2) is 8.56. The third-order valence-electron chi connectivity index (χ3n) is 4.08. The molecule has 2 aromatic carbocycles. The average molecular weight is 360 g/mol. The van der Waals surface area contributed by atoms with E-state index in [2.05, 4.69) is 10.6 Å². The molecule has 0 saturated carbocycles. The molecule has 0 radical (unpaired) electrons. The summed E-state index contributed by atoms with van der Waals surface area (Å²) in [6.07, 6.45) is 0. The summed E-state index contributed by atoms with van der Waals surface area (Å²) in [6, 6.07) is 10.2. The van der Waals surface area contributed by atoms with Gasteiger partial charge < -0.3 is 10.6 Å². The monoisotopic (exact) mass is 360 g/mol. The van der Waals surface area contributed by atoms with Gasteiger partial charge in [0.2, 0.25) is 5.91 Å². The molecule has 2 unspecified atom stereocenters. The number of benzene rings is 2. The number of halogens is 2. The Morgan fingerprint density at radius 2 is 1.50 bits per heavy atom. The van der Waals surface area contributed by atoms with Crippen LogP contribution in [0.3, 0.4) is 0 Å². The van der Waals surface area contributed by atoms with Gasteiger partial charge in [-0.3, -0.25) is 9.59 Å². The lowest BCUT2D eigenvalue weighted by molar-refractivity contribution is -0.124. The summed E-state index contributed by atoms with van der Waals surface area (Å²) in [5.41, 5.74) is 0.625. The van der Waals surface area contributed by atoms with Crippen LogP contribution in [0, 0.1) is 17.6 Å². The van der Waals surface area contributed by atoms with Gasteiger partial charge in [0.1, 0.15) is 17.7 Å². The van der Waals surface area contributed by atoms with Crippen molar-refractivity contribution in [3.8, 4) is 0 Å². The maximum absolute atomic E-state index is 13.8. The van der Waals surface area contributed by atoms with E-state index >= 15 is 0 Å². The number of hydrogen-bond donors (Lipinski definition) is 2. The van der Waals surface area contributed by atoms with Crippen molar-refractivity contribution >= 4 is 11.8 Å². The number of amides is 2. The van der Waals surface area contributed by atoms with Crippen molar-refractivity contribution in [1.82, 2.24) is 10.6 Å². The highest BCUT2D eigenvalue weighted by molar-refractivity contribution is 5.97. The van der Waals surface area contributed by atoms with Crippen molar-refractivity contribution in [1.29, 1.82) is 0 Å². The molecule has 0 aliphatic rings. The Bertz CT molecular complexity index is 776. The first-order valence-electron chi connectivity index (χ1n) is 8.41. The largest absolute Gasteiger partial charge is 0.348 e. The van der Waals surface area contributed by atoms with Gasteiger partial charge >= 0.3 is 0 Å². The van der Waals surface area contributed by atoms with Crippen LogP contribution in [0.15, 0.2) is 48.5 Å². The van der Waals surface area contributed by atoms with E-state index in [1.165, 1.54) is 30.3 Å². The summed E-state index contributed by atoms with van der Waals surface area (Å²) < 4.78 is 26.8. The Labute approximate surface area is 151 Å². The minimum atomic E-state index is -0.829. The lowest BCUT2D eigenvalue weighted by Crippen LogP contribution is -2.50. The van der Waals surface area contributed by atoms with Crippen LogP contribution in [0.4, 0.5) is 8.78 Å². The van der Waals surface area contributed by atoms with Crippen LogP contribution in [0.25, 0.3) is 0 Å². The Hall–Kier alpha value is -2.76. The molecule has 138 valence electrons. The van der Waals surface area contributed by atoms with Gasteiger partial charge in [0.15, 0.2) is 0 Å². The fraction of sp³-hybridized carbons (Fsp3) is 0.300. The van der Waals surface area contributed by atoms with Crippen LogP contribution >= 0.6 is 0 Å². The van der Waals surface area contributed by atoms with E-state index in [-0.39, 0.29) is 29.2 Å². The van der Waals surface area contributed by atoms with Crippen molar-refractivity contribution in [3.05, 3.63) is 71.3 Å². The second-order valence-corrected chi connectivity index (χ2v) is 6.46. The molecule has 0 saturated heterocycles. The van der Waals surface area contributed by atoms with Crippen LogP contribution in [0.2, 0.25) is 0 Å². The molecule has 2 amide bonds. The standard InChI is InChI=1S/C20H22F2N2O2/c1-12(2)18(24-19(25)16-6-4-5-7-17(16)22)20(26)23-13(3)14-8-10-15(21)11-9-14/h4-13,18H,1-3H3,(H,23,26)(H,24,25). The van der Waals surface area contributed by atoms with Gasteiger partial charge in [-0.1, -0.05) is 38.1 Å². The number of carbonyl (C=O) groups excluding carboxylic acids is 2. The van der Waals surface area contributed by atoms with Crippen molar-refractivity contribution < 1.29 is 18.4 Å². The fourth-order valence-corrected chi connectivity index (χ4v) is 2.54. The maximum atomic E-state index is 13.8. The van der Waals surface area contributed by atoms with Gasteiger partial charge in [-0.25, -0.2) is 8.78 Å². The fourth-order valence-electron chi connectivity index (χ4n) is 2.54. The van der Waals surface area contributed by atoms with E-state index in [1.54, 1.807) is 39.0 Å². The van der Waals surface area contributed by atoms with E-state index in [0.29, 0.717) is 0 Å². The van der Waals surface area contributed by atoms with Crippen molar-refractivity contribution in [2.24, 2.45) is 5.92 Å². The summed E-state index contributed by atoms with van der Waals surface area (Å²) in [5, 5.41) is 5.39. The molecule has 0 aliphatic carbocycles. The Balaban J connectivity index is 2.08. The normalized spacial score (nSPS) is 13.2. The van der Waals surface area contributed by atoms with Crippen molar-refractivity contribution in [3.63, 3.8) is 0 Å². The zero-order chi connectivity index (χ0) is 19.3. The van der Waals surface area contributed by atoms with Crippen LogP contribution in [0.1, 0.15) is 42.7 Å². The van der Waals surface area contributed by atoms with Crippen molar-refractivity contribution in [2.75, 3.05) is 0 Å². The Kier molecular flexibility index (Phi) is 6.44. The molecule has 4 nitrogen and oxygen atoms in total. The van der Waals surface area contributed by atoms with E-state index < -0.39 is 17.8 Å². The minimum absolute atomic E-state index is 0.113.